The second-order valence-corrected chi connectivity index (χ2v) is 20.5. The van der Waals surface area contributed by atoms with Gasteiger partial charge in [0.25, 0.3) is 0 Å². The lowest BCUT2D eigenvalue weighted by molar-refractivity contribution is 0.0978. The summed E-state index contributed by atoms with van der Waals surface area (Å²) in [6, 6.07) is 7.81. The average Bonchev–Trinajstić information content (AvgIpc) is 3.02. The number of ketones is 2. The predicted molar refractivity (Wildman–Crippen MR) is 193 cm³/mol. The van der Waals surface area contributed by atoms with Crippen molar-refractivity contribution in [3.8, 4) is 0 Å². The molecule has 0 saturated heterocycles. The van der Waals surface area contributed by atoms with Gasteiger partial charge in [0.1, 0.15) is 0 Å². The summed E-state index contributed by atoms with van der Waals surface area (Å²) in [7, 11) is -4.18. The second-order valence-electron chi connectivity index (χ2n) is 16.9. The molecule has 2 aromatic rings. The lowest BCUT2D eigenvalue weighted by Gasteiger charge is -2.40. The maximum absolute atomic E-state index is 14.3. The Kier molecular flexibility index (Phi) is 10.8. The van der Waals surface area contributed by atoms with Gasteiger partial charge in [-0.3, -0.25) is 9.59 Å². The monoisotopic (exact) mass is 713 g/mol. The Labute approximate surface area is 294 Å². The van der Waals surface area contributed by atoms with Crippen LogP contribution in [0.2, 0.25) is 0 Å². The molecule has 0 amide bonds. The topological polar surface area (TPSA) is 121 Å². The van der Waals surface area contributed by atoms with E-state index in [0.29, 0.717) is 24.9 Å². The van der Waals surface area contributed by atoms with Crippen molar-refractivity contribution in [3.05, 3.63) is 58.7 Å². The molecule has 3 aliphatic rings. The highest BCUT2D eigenvalue weighted by Crippen LogP contribution is 2.41. The van der Waals surface area contributed by atoms with Crippen LogP contribution in [-0.2, 0) is 20.0 Å². The molecule has 11 heteroatoms. The summed E-state index contributed by atoms with van der Waals surface area (Å²) in [5, 5.41) is 0. The number of carbonyl (C=O) groups is 2. The van der Waals surface area contributed by atoms with E-state index < -0.39 is 31.6 Å². The third-order valence-corrected chi connectivity index (χ3v) is 14.7. The lowest BCUT2D eigenvalue weighted by atomic mass is 9.71. The SMILES string of the molecule is CN(C)CCN(C1CCC(C(C)(C)C)CC1)S(=O)(=O)c1ccc2c(c1)C(=O)c1cc(S(=O)(=O)NC3CCC(C(C)(C)C)CC3)ccc1C2=O. The summed E-state index contributed by atoms with van der Waals surface area (Å²) in [5.74, 6) is 0.0470. The van der Waals surface area contributed by atoms with Gasteiger partial charge >= 0.3 is 0 Å². The van der Waals surface area contributed by atoms with Gasteiger partial charge in [0.15, 0.2) is 11.6 Å². The van der Waals surface area contributed by atoms with Crippen LogP contribution >= 0.6 is 0 Å². The van der Waals surface area contributed by atoms with Crippen LogP contribution in [-0.4, -0.2) is 76.9 Å². The minimum absolute atomic E-state index is 0.0226. The van der Waals surface area contributed by atoms with Gasteiger partial charge in [-0.1, -0.05) is 41.5 Å². The van der Waals surface area contributed by atoms with Crippen molar-refractivity contribution in [1.29, 1.82) is 0 Å². The van der Waals surface area contributed by atoms with Crippen LogP contribution in [0, 0.1) is 22.7 Å². The summed E-state index contributed by atoms with van der Waals surface area (Å²) in [6.45, 7) is 14.2. The van der Waals surface area contributed by atoms with E-state index in [9.17, 15) is 26.4 Å². The Morgan fingerprint density at radius 2 is 1.08 bits per heavy atom. The molecule has 2 saturated carbocycles. The van der Waals surface area contributed by atoms with Gasteiger partial charge in [-0.25, -0.2) is 21.6 Å². The Morgan fingerprint density at radius 1 is 0.633 bits per heavy atom. The molecular weight excluding hydrogens is 659 g/mol. The molecular formula is C38H55N3O6S2. The minimum Gasteiger partial charge on any atom is -0.308 e. The predicted octanol–water partition coefficient (Wildman–Crippen LogP) is 6.50. The minimum atomic E-state index is -4.02. The lowest BCUT2D eigenvalue weighted by Crippen LogP contribution is -2.46. The zero-order valence-corrected chi connectivity index (χ0v) is 32.1. The fourth-order valence-electron chi connectivity index (χ4n) is 7.96. The van der Waals surface area contributed by atoms with Gasteiger partial charge in [-0.15, -0.1) is 0 Å². The highest BCUT2D eigenvalue weighted by Gasteiger charge is 2.39. The van der Waals surface area contributed by atoms with Crippen molar-refractivity contribution in [3.63, 3.8) is 0 Å². The third kappa shape index (κ3) is 8.06. The van der Waals surface area contributed by atoms with Crippen molar-refractivity contribution in [1.82, 2.24) is 13.9 Å². The van der Waals surface area contributed by atoms with Gasteiger partial charge < -0.3 is 4.90 Å². The van der Waals surface area contributed by atoms with Crippen LogP contribution in [0.5, 0.6) is 0 Å². The number of rotatable bonds is 9. The molecule has 270 valence electrons. The average molecular weight is 714 g/mol. The van der Waals surface area contributed by atoms with E-state index in [-0.39, 0.29) is 55.0 Å². The molecule has 0 radical (unpaired) electrons. The Balaban J connectivity index is 1.41. The van der Waals surface area contributed by atoms with Crippen LogP contribution in [0.4, 0.5) is 0 Å². The fraction of sp³-hybridized carbons (Fsp3) is 0.632. The Morgan fingerprint density at radius 3 is 1.57 bits per heavy atom. The van der Waals surface area contributed by atoms with Crippen LogP contribution in [0.15, 0.2) is 46.2 Å². The Hall–Kier alpha value is -2.44. The molecule has 1 N–H and O–H groups in total. The standard InChI is InChI=1S/C38H55N3O6S2/c1-37(2,3)25-9-13-27(14-10-25)39-48(44,45)29-17-19-31-33(23-29)36(43)34-24-30(18-20-32(34)35(31)42)49(46,47)41(22-21-40(7)8)28-15-11-26(12-16-28)38(4,5)6/h17-20,23-28,39H,9-16,21-22H2,1-8H3. The molecule has 49 heavy (non-hydrogen) atoms. The summed E-state index contributed by atoms with van der Waals surface area (Å²) in [6.07, 6.45) is 6.72. The number of hydrogen-bond donors (Lipinski definition) is 1. The van der Waals surface area contributed by atoms with Gasteiger partial charge in [-0.2, -0.15) is 4.31 Å². The third-order valence-electron chi connectivity index (χ3n) is 11.2. The molecule has 5 rings (SSSR count). The number of sulfonamides is 2. The number of nitrogens with one attached hydrogen (secondary N) is 1. The number of likely N-dealkylation sites (N-methyl/N-ethyl adjacent to an activating group) is 1. The molecule has 2 aromatic carbocycles. The van der Waals surface area contributed by atoms with Gasteiger partial charge in [0, 0.05) is 47.4 Å². The molecule has 2 fully saturated rings. The maximum Gasteiger partial charge on any atom is 0.243 e. The normalized spacial score (nSPS) is 23.9. The van der Waals surface area contributed by atoms with Gasteiger partial charge in [0.05, 0.1) is 9.79 Å². The number of carbonyl (C=O) groups excluding carboxylic acids is 2. The maximum atomic E-state index is 14.3. The highest BCUT2D eigenvalue weighted by molar-refractivity contribution is 7.89. The quantitative estimate of drug-likeness (QED) is 0.269. The highest BCUT2D eigenvalue weighted by atomic mass is 32.2. The van der Waals surface area contributed by atoms with Crippen molar-refractivity contribution >= 4 is 31.6 Å². The van der Waals surface area contributed by atoms with Crippen molar-refractivity contribution in [2.24, 2.45) is 22.7 Å². The molecule has 0 aromatic heterocycles. The zero-order chi connectivity index (χ0) is 36.1. The van der Waals surface area contributed by atoms with Gasteiger partial charge in [-0.05, 0) is 125 Å². The van der Waals surface area contributed by atoms with Crippen LogP contribution < -0.4 is 4.72 Å². The molecule has 0 unspecified atom stereocenters. The number of benzene rings is 2. The first-order valence-corrected chi connectivity index (χ1v) is 20.7. The van der Waals surface area contributed by atoms with Crippen LogP contribution in [0.1, 0.15) is 125 Å². The summed E-state index contributed by atoms with van der Waals surface area (Å²) < 4.78 is 60.0. The number of hydrogen-bond acceptors (Lipinski definition) is 7. The van der Waals surface area contributed by atoms with Crippen LogP contribution in [0.25, 0.3) is 0 Å². The van der Waals surface area contributed by atoms with Crippen molar-refractivity contribution in [2.75, 3.05) is 27.2 Å². The summed E-state index contributed by atoms with van der Waals surface area (Å²) in [4.78, 5) is 29.4. The second kappa shape index (κ2) is 13.9. The molecule has 0 bridgehead atoms. The Bertz CT molecular complexity index is 1790. The summed E-state index contributed by atoms with van der Waals surface area (Å²) in [5.41, 5.74) is 0.496. The summed E-state index contributed by atoms with van der Waals surface area (Å²) >= 11 is 0. The largest absolute Gasteiger partial charge is 0.308 e. The molecule has 0 atom stereocenters. The van der Waals surface area contributed by atoms with E-state index in [1.165, 1.54) is 36.4 Å². The van der Waals surface area contributed by atoms with Gasteiger partial charge in [0.2, 0.25) is 20.0 Å². The first-order valence-electron chi connectivity index (χ1n) is 17.8. The number of fused-ring (bicyclic) bond motifs is 2. The van der Waals surface area contributed by atoms with E-state index in [1.807, 2.05) is 19.0 Å². The molecule has 0 spiro atoms. The number of nitrogens with zero attached hydrogens (tertiary/aromatic N) is 2. The first-order chi connectivity index (χ1) is 22.7. The zero-order valence-electron chi connectivity index (χ0n) is 30.5. The molecule has 9 nitrogen and oxygen atoms in total. The van der Waals surface area contributed by atoms with Crippen LogP contribution in [0.3, 0.4) is 0 Å². The van der Waals surface area contributed by atoms with E-state index in [4.69, 9.17) is 0 Å². The molecule has 0 heterocycles. The van der Waals surface area contributed by atoms with E-state index in [1.54, 1.807) is 4.31 Å². The van der Waals surface area contributed by atoms with E-state index in [2.05, 4.69) is 46.3 Å². The fourth-order valence-corrected chi connectivity index (χ4v) is 11.0. The molecule has 0 aliphatic heterocycles. The van der Waals surface area contributed by atoms with E-state index >= 15 is 0 Å². The van der Waals surface area contributed by atoms with E-state index in [0.717, 1.165) is 51.4 Å². The van der Waals surface area contributed by atoms with Crippen molar-refractivity contribution in [2.45, 2.75) is 115 Å². The van der Waals surface area contributed by atoms with Crippen molar-refractivity contribution < 1.29 is 26.4 Å². The smallest absolute Gasteiger partial charge is 0.243 e. The first kappa shape index (κ1) is 37.8. The molecule has 3 aliphatic carbocycles.